The highest BCUT2D eigenvalue weighted by Gasteiger charge is 2.48. The highest BCUT2D eigenvalue weighted by molar-refractivity contribution is 5.28. The molecule has 0 radical (unpaired) electrons. The maximum Gasteiger partial charge on any atom is 0.184 e. The van der Waals surface area contributed by atoms with E-state index in [-0.39, 0.29) is 6.61 Å². The molecule has 2 aliphatic heterocycles. The first-order valence-electron chi connectivity index (χ1n) is 9.81. The predicted octanol–water partition coefficient (Wildman–Crippen LogP) is 1.78. The minimum atomic E-state index is -0.917. The van der Waals surface area contributed by atoms with Crippen molar-refractivity contribution in [1.29, 1.82) is 0 Å². The van der Waals surface area contributed by atoms with Gasteiger partial charge in [-0.3, -0.25) is 0 Å². The van der Waals surface area contributed by atoms with Crippen LogP contribution < -0.4 is 10.5 Å². The molecule has 2 aromatic carbocycles. The molecule has 156 valence electrons. The first kappa shape index (κ1) is 20.3. The van der Waals surface area contributed by atoms with E-state index in [4.69, 9.17) is 29.4 Å². The molecule has 2 heterocycles. The van der Waals surface area contributed by atoms with Gasteiger partial charge >= 0.3 is 0 Å². The summed E-state index contributed by atoms with van der Waals surface area (Å²) in [6, 6.07) is 16.7. The summed E-state index contributed by atoms with van der Waals surface area (Å²) in [5.74, 6) is 0.751. The van der Waals surface area contributed by atoms with Crippen LogP contribution in [0.25, 0.3) is 0 Å². The third kappa shape index (κ3) is 4.61. The predicted molar refractivity (Wildman–Crippen MR) is 105 cm³/mol. The zero-order valence-corrected chi connectivity index (χ0v) is 16.3. The van der Waals surface area contributed by atoms with Crippen molar-refractivity contribution in [3.8, 4) is 5.75 Å². The molecule has 7 heteroatoms. The molecule has 2 aromatic rings. The van der Waals surface area contributed by atoms with Crippen LogP contribution >= 0.6 is 0 Å². The molecule has 3 N–H and O–H groups in total. The van der Waals surface area contributed by atoms with Crippen molar-refractivity contribution < 1.29 is 28.8 Å². The lowest BCUT2D eigenvalue weighted by Crippen LogP contribution is -2.65. The monoisotopic (exact) mass is 401 g/mol. The van der Waals surface area contributed by atoms with Gasteiger partial charge in [-0.05, 0) is 24.1 Å². The highest BCUT2D eigenvalue weighted by atomic mass is 16.7. The SMILES string of the molecule is COc1ccc(C2OCC3OC(OCCc4ccccc4)C(N)C(O)C3O2)cc1. The molecule has 0 aliphatic carbocycles. The smallest absolute Gasteiger partial charge is 0.184 e. The molecule has 0 bridgehead atoms. The van der Waals surface area contributed by atoms with Gasteiger partial charge in [0.2, 0.25) is 0 Å². The van der Waals surface area contributed by atoms with Gasteiger partial charge in [0.15, 0.2) is 12.6 Å². The minimum Gasteiger partial charge on any atom is -0.497 e. The molecule has 0 saturated carbocycles. The number of fused-ring (bicyclic) bond motifs is 1. The van der Waals surface area contributed by atoms with Crippen molar-refractivity contribution in [3.05, 3.63) is 65.7 Å². The topological polar surface area (TPSA) is 92.4 Å². The van der Waals surface area contributed by atoms with Crippen LogP contribution in [0.4, 0.5) is 0 Å². The number of benzene rings is 2. The van der Waals surface area contributed by atoms with E-state index >= 15 is 0 Å². The number of ether oxygens (including phenoxy) is 5. The van der Waals surface area contributed by atoms with Crippen LogP contribution in [-0.4, -0.2) is 56.1 Å². The van der Waals surface area contributed by atoms with Gasteiger partial charge in [-0.15, -0.1) is 0 Å². The van der Waals surface area contributed by atoms with Gasteiger partial charge in [0.1, 0.15) is 24.1 Å². The van der Waals surface area contributed by atoms with Gasteiger partial charge < -0.3 is 34.5 Å². The van der Waals surface area contributed by atoms with Gasteiger partial charge in [-0.2, -0.15) is 0 Å². The van der Waals surface area contributed by atoms with Crippen molar-refractivity contribution in [3.63, 3.8) is 0 Å². The van der Waals surface area contributed by atoms with Crippen molar-refractivity contribution >= 4 is 0 Å². The number of hydrogen-bond acceptors (Lipinski definition) is 7. The Morgan fingerprint density at radius 1 is 1.07 bits per heavy atom. The van der Waals surface area contributed by atoms with Gasteiger partial charge in [0.05, 0.1) is 26.4 Å². The number of rotatable bonds is 6. The number of methoxy groups -OCH3 is 1. The molecule has 6 atom stereocenters. The summed E-state index contributed by atoms with van der Waals surface area (Å²) in [6.07, 6.45) is -2.51. The van der Waals surface area contributed by atoms with Crippen LogP contribution in [0.15, 0.2) is 54.6 Å². The Balaban J connectivity index is 1.34. The maximum atomic E-state index is 10.7. The van der Waals surface area contributed by atoms with Crippen molar-refractivity contribution in [2.45, 2.75) is 43.4 Å². The first-order valence-corrected chi connectivity index (χ1v) is 9.81. The maximum absolute atomic E-state index is 10.7. The van der Waals surface area contributed by atoms with Crippen LogP contribution in [0.5, 0.6) is 5.75 Å². The molecule has 2 aliphatic rings. The highest BCUT2D eigenvalue weighted by Crippen LogP contribution is 2.34. The second kappa shape index (κ2) is 9.21. The lowest BCUT2D eigenvalue weighted by Gasteiger charge is -2.46. The lowest BCUT2D eigenvalue weighted by atomic mass is 9.96. The normalized spacial score (nSPS) is 31.8. The molecule has 7 nitrogen and oxygen atoms in total. The van der Waals surface area contributed by atoms with Crippen molar-refractivity contribution in [2.24, 2.45) is 5.73 Å². The fourth-order valence-corrected chi connectivity index (χ4v) is 3.63. The second-order valence-corrected chi connectivity index (χ2v) is 7.26. The second-order valence-electron chi connectivity index (χ2n) is 7.26. The summed E-state index contributed by atoms with van der Waals surface area (Å²) >= 11 is 0. The average Bonchev–Trinajstić information content (AvgIpc) is 2.78. The van der Waals surface area contributed by atoms with E-state index in [1.165, 1.54) is 5.56 Å². The number of aliphatic hydroxyl groups is 1. The summed E-state index contributed by atoms with van der Waals surface area (Å²) < 4.78 is 28.7. The zero-order valence-electron chi connectivity index (χ0n) is 16.3. The van der Waals surface area contributed by atoms with Crippen LogP contribution in [-0.2, 0) is 25.4 Å². The Kier molecular flexibility index (Phi) is 6.44. The zero-order chi connectivity index (χ0) is 20.2. The van der Waals surface area contributed by atoms with E-state index in [2.05, 4.69) is 0 Å². The van der Waals surface area contributed by atoms with Crippen LogP contribution in [0.2, 0.25) is 0 Å². The Bertz CT molecular complexity index is 769. The van der Waals surface area contributed by atoms with Crippen molar-refractivity contribution in [1.82, 2.24) is 0 Å². The molecular weight excluding hydrogens is 374 g/mol. The summed E-state index contributed by atoms with van der Waals surface area (Å²) in [5.41, 5.74) is 8.20. The summed E-state index contributed by atoms with van der Waals surface area (Å²) in [5, 5.41) is 10.7. The fourth-order valence-electron chi connectivity index (χ4n) is 3.63. The van der Waals surface area contributed by atoms with E-state index < -0.39 is 36.9 Å². The van der Waals surface area contributed by atoms with Crippen molar-refractivity contribution in [2.75, 3.05) is 20.3 Å². The first-order chi connectivity index (χ1) is 14.2. The van der Waals surface area contributed by atoms with Crippen LogP contribution in [0, 0.1) is 0 Å². The Labute approximate surface area is 170 Å². The molecule has 4 rings (SSSR count). The minimum absolute atomic E-state index is 0.281. The average molecular weight is 401 g/mol. The van der Waals surface area contributed by atoms with Gasteiger partial charge in [-0.25, -0.2) is 0 Å². The molecule has 29 heavy (non-hydrogen) atoms. The standard InChI is InChI=1S/C22H27NO6/c1-25-16-9-7-15(8-10-16)21-27-13-17-20(29-21)19(24)18(23)22(28-17)26-12-11-14-5-3-2-4-6-14/h2-10,17-22,24H,11-13,23H2,1H3. The molecule has 0 aromatic heterocycles. The molecule has 2 saturated heterocycles. The molecule has 6 unspecified atom stereocenters. The van der Waals surface area contributed by atoms with E-state index in [9.17, 15) is 5.11 Å². The summed E-state index contributed by atoms with van der Waals surface area (Å²) in [7, 11) is 1.61. The molecular formula is C22H27NO6. The van der Waals surface area contributed by atoms with Gasteiger partial charge in [-0.1, -0.05) is 42.5 Å². The Morgan fingerprint density at radius 3 is 2.55 bits per heavy atom. The van der Waals surface area contributed by atoms with E-state index in [1.807, 2.05) is 54.6 Å². The van der Waals surface area contributed by atoms with Crippen LogP contribution in [0.3, 0.4) is 0 Å². The number of hydrogen-bond donors (Lipinski definition) is 2. The van der Waals surface area contributed by atoms with Gasteiger partial charge in [0, 0.05) is 5.56 Å². The molecule has 0 amide bonds. The third-order valence-corrected chi connectivity index (χ3v) is 5.32. The third-order valence-electron chi connectivity index (χ3n) is 5.32. The summed E-state index contributed by atoms with van der Waals surface area (Å²) in [4.78, 5) is 0. The van der Waals surface area contributed by atoms with E-state index in [0.29, 0.717) is 6.61 Å². The lowest BCUT2D eigenvalue weighted by molar-refractivity contribution is -0.341. The largest absolute Gasteiger partial charge is 0.497 e. The van der Waals surface area contributed by atoms with E-state index in [0.717, 1.165) is 17.7 Å². The van der Waals surface area contributed by atoms with Crippen LogP contribution in [0.1, 0.15) is 17.4 Å². The summed E-state index contributed by atoms with van der Waals surface area (Å²) in [6.45, 7) is 0.729. The fraction of sp³-hybridized carbons (Fsp3) is 0.455. The van der Waals surface area contributed by atoms with Gasteiger partial charge in [0.25, 0.3) is 0 Å². The number of aliphatic hydroxyl groups excluding tert-OH is 1. The number of nitrogens with two attached hydrogens (primary N) is 1. The molecule has 2 fully saturated rings. The van der Waals surface area contributed by atoms with E-state index in [1.54, 1.807) is 7.11 Å². The quantitative estimate of drug-likeness (QED) is 0.762. The Morgan fingerprint density at radius 2 is 1.83 bits per heavy atom. The molecule has 0 spiro atoms. The Hall–Kier alpha value is -2.00.